The molecular weight excluding hydrogens is 336 g/mol. The van der Waals surface area contributed by atoms with Crippen molar-refractivity contribution in [1.29, 1.82) is 0 Å². The van der Waals surface area contributed by atoms with E-state index in [4.69, 9.17) is 0 Å². The standard InChI is InChI=1S/C18H18N4O2S/c1-12(23)20-16(17-6-3-9-25-17)11-18(24)21-14-5-2-4-13(10-14)15-7-8-19-22-15/h2-10,16H,11H2,1H3,(H,19,22)(H,20,23)(H,21,24). The molecule has 128 valence electrons. The number of aromatic nitrogens is 2. The monoisotopic (exact) mass is 354 g/mol. The van der Waals surface area contributed by atoms with E-state index in [2.05, 4.69) is 20.8 Å². The maximum atomic E-state index is 12.4. The number of thiophene rings is 1. The van der Waals surface area contributed by atoms with Gasteiger partial charge in [-0.15, -0.1) is 11.3 Å². The Morgan fingerprint density at radius 1 is 1.24 bits per heavy atom. The molecule has 2 aromatic heterocycles. The van der Waals surface area contributed by atoms with Crippen LogP contribution in [0.5, 0.6) is 0 Å². The van der Waals surface area contributed by atoms with Crippen molar-refractivity contribution in [2.24, 2.45) is 0 Å². The highest BCUT2D eigenvalue weighted by Crippen LogP contribution is 2.24. The smallest absolute Gasteiger partial charge is 0.226 e. The molecule has 2 amide bonds. The fourth-order valence-electron chi connectivity index (χ4n) is 2.54. The zero-order valence-electron chi connectivity index (χ0n) is 13.7. The third-order valence-electron chi connectivity index (χ3n) is 3.61. The van der Waals surface area contributed by atoms with Crippen molar-refractivity contribution >= 4 is 28.8 Å². The first kappa shape index (κ1) is 16.9. The minimum Gasteiger partial charge on any atom is -0.348 e. The molecule has 3 N–H and O–H groups in total. The molecule has 0 aliphatic rings. The van der Waals surface area contributed by atoms with E-state index in [1.54, 1.807) is 6.20 Å². The summed E-state index contributed by atoms with van der Waals surface area (Å²) >= 11 is 1.52. The second-order valence-electron chi connectivity index (χ2n) is 5.57. The maximum absolute atomic E-state index is 12.4. The lowest BCUT2D eigenvalue weighted by Gasteiger charge is -2.16. The molecule has 3 aromatic rings. The van der Waals surface area contributed by atoms with Gasteiger partial charge in [0.1, 0.15) is 0 Å². The number of hydrogen-bond donors (Lipinski definition) is 3. The number of anilines is 1. The van der Waals surface area contributed by atoms with Gasteiger partial charge in [-0.05, 0) is 29.6 Å². The predicted molar refractivity (Wildman–Crippen MR) is 98.1 cm³/mol. The molecule has 2 heterocycles. The van der Waals surface area contributed by atoms with Crippen LogP contribution in [0, 0.1) is 0 Å². The third kappa shape index (κ3) is 4.54. The molecule has 0 radical (unpaired) electrons. The van der Waals surface area contributed by atoms with Crippen LogP contribution in [-0.4, -0.2) is 22.0 Å². The van der Waals surface area contributed by atoms with Crippen LogP contribution in [0.4, 0.5) is 5.69 Å². The van der Waals surface area contributed by atoms with Crippen molar-refractivity contribution in [3.05, 3.63) is 58.9 Å². The highest BCUT2D eigenvalue weighted by molar-refractivity contribution is 7.10. The van der Waals surface area contributed by atoms with Crippen LogP contribution in [0.2, 0.25) is 0 Å². The van der Waals surface area contributed by atoms with Crippen molar-refractivity contribution in [3.8, 4) is 11.3 Å². The summed E-state index contributed by atoms with van der Waals surface area (Å²) in [5.41, 5.74) is 2.52. The Morgan fingerprint density at radius 2 is 2.12 bits per heavy atom. The van der Waals surface area contributed by atoms with Gasteiger partial charge in [0, 0.05) is 29.2 Å². The molecule has 0 saturated heterocycles. The molecule has 0 aliphatic heterocycles. The Hall–Kier alpha value is -2.93. The number of nitrogens with zero attached hydrogens (tertiary/aromatic N) is 1. The van der Waals surface area contributed by atoms with Crippen LogP contribution >= 0.6 is 11.3 Å². The largest absolute Gasteiger partial charge is 0.348 e. The molecule has 25 heavy (non-hydrogen) atoms. The molecule has 1 atom stereocenters. The van der Waals surface area contributed by atoms with Crippen LogP contribution in [0.1, 0.15) is 24.3 Å². The normalized spacial score (nSPS) is 11.7. The van der Waals surface area contributed by atoms with Crippen LogP contribution in [0.3, 0.4) is 0 Å². The average Bonchev–Trinajstić information content (AvgIpc) is 3.28. The highest BCUT2D eigenvalue weighted by atomic mass is 32.1. The topological polar surface area (TPSA) is 86.9 Å². The van der Waals surface area contributed by atoms with E-state index in [-0.39, 0.29) is 24.3 Å². The van der Waals surface area contributed by atoms with E-state index in [9.17, 15) is 9.59 Å². The van der Waals surface area contributed by atoms with Gasteiger partial charge >= 0.3 is 0 Å². The molecule has 0 aliphatic carbocycles. The first-order chi connectivity index (χ1) is 12.1. The number of hydrogen-bond acceptors (Lipinski definition) is 4. The van der Waals surface area contributed by atoms with Crippen molar-refractivity contribution < 1.29 is 9.59 Å². The molecule has 6 nitrogen and oxygen atoms in total. The van der Waals surface area contributed by atoms with Crippen LogP contribution in [0.25, 0.3) is 11.3 Å². The molecule has 1 aromatic carbocycles. The van der Waals surface area contributed by atoms with E-state index < -0.39 is 0 Å². The Kier molecular flexibility index (Phi) is 5.25. The van der Waals surface area contributed by atoms with Gasteiger partial charge in [0.05, 0.1) is 18.2 Å². The number of rotatable bonds is 6. The zero-order chi connectivity index (χ0) is 17.6. The lowest BCUT2D eigenvalue weighted by Crippen LogP contribution is -2.29. The number of benzene rings is 1. The molecule has 3 rings (SSSR count). The van der Waals surface area contributed by atoms with Crippen LogP contribution < -0.4 is 10.6 Å². The first-order valence-electron chi connectivity index (χ1n) is 7.82. The minimum atomic E-state index is -0.326. The van der Waals surface area contributed by atoms with Crippen LogP contribution in [-0.2, 0) is 9.59 Å². The van der Waals surface area contributed by atoms with Gasteiger partial charge in [-0.2, -0.15) is 5.10 Å². The van der Waals surface area contributed by atoms with E-state index >= 15 is 0 Å². The highest BCUT2D eigenvalue weighted by Gasteiger charge is 2.18. The molecule has 0 saturated carbocycles. The molecule has 0 fully saturated rings. The fourth-order valence-corrected chi connectivity index (χ4v) is 3.31. The minimum absolute atomic E-state index is 0.158. The lowest BCUT2D eigenvalue weighted by molar-refractivity contribution is -0.120. The number of aromatic amines is 1. The van der Waals surface area contributed by atoms with E-state index in [1.807, 2.05) is 47.8 Å². The van der Waals surface area contributed by atoms with Gasteiger partial charge in [-0.3, -0.25) is 14.7 Å². The second-order valence-corrected chi connectivity index (χ2v) is 6.55. The summed E-state index contributed by atoms with van der Waals surface area (Å²) in [5, 5.41) is 14.5. The average molecular weight is 354 g/mol. The lowest BCUT2D eigenvalue weighted by atomic mass is 10.1. The van der Waals surface area contributed by atoms with Crippen LogP contribution in [0.15, 0.2) is 54.0 Å². The molecule has 7 heteroatoms. The quantitative estimate of drug-likeness (QED) is 0.634. The summed E-state index contributed by atoms with van der Waals surface area (Å²) in [7, 11) is 0. The summed E-state index contributed by atoms with van der Waals surface area (Å²) in [6, 6.07) is 12.9. The summed E-state index contributed by atoms with van der Waals surface area (Å²) < 4.78 is 0. The van der Waals surface area contributed by atoms with Crippen molar-refractivity contribution in [1.82, 2.24) is 15.5 Å². The van der Waals surface area contributed by atoms with Gasteiger partial charge in [-0.25, -0.2) is 0 Å². The Balaban J connectivity index is 1.69. The summed E-state index contributed by atoms with van der Waals surface area (Å²) in [5.74, 6) is -0.318. The van der Waals surface area contributed by atoms with Gasteiger partial charge in [0.2, 0.25) is 11.8 Å². The zero-order valence-corrected chi connectivity index (χ0v) is 14.5. The number of carbonyl (C=O) groups is 2. The maximum Gasteiger partial charge on any atom is 0.226 e. The summed E-state index contributed by atoms with van der Waals surface area (Å²) in [6.45, 7) is 1.45. The number of amides is 2. The summed E-state index contributed by atoms with van der Waals surface area (Å²) in [6.07, 6.45) is 1.86. The number of nitrogens with one attached hydrogen (secondary N) is 3. The molecule has 1 unspecified atom stereocenters. The summed E-state index contributed by atoms with van der Waals surface area (Å²) in [4.78, 5) is 24.8. The first-order valence-corrected chi connectivity index (χ1v) is 8.70. The number of carbonyl (C=O) groups excluding carboxylic acids is 2. The van der Waals surface area contributed by atoms with E-state index in [0.29, 0.717) is 5.69 Å². The predicted octanol–water partition coefficient (Wildman–Crippen LogP) is 3.34. The van der Waals surface area contributed by atoms with Crippen molar-refractivity contribution in [2.45, 2.75) is 19.4 Å². The van der Waals surface area contributed by atoms with Gasteiger partial charge in [0.25, 0.3) is 0 Å². The van der Waals surface area contributed by atoms with E-state index in [1.165, 1.54) is 18.3 Å². The van der Waals surface area contributed by atoms with Gasteiger partial charge in [0.15, 0.2) is 0 Å². The molecule has 0 spiro atoms. The molecular formula is C18H18N4O2S. The van der Waals surface area contributed by atoms with Crippen molar-refractivity contribution in [3.63, 3.8) is 0 Å². The second kappa shape index (κ2) is 7.76. The Labute approximate surface area is 149 Å². The third-order valence-corrected chi connectivity index (χ3v) is 4.60. The Bertz CT molecular complexity index is 844. The number of H-pyrrole nitrogens is 1. The van der Waals surface area contributed by atoms with Crippen molar-refractivity contribution in [2.75, 3.05) is 5.32 Å². The van der Waals surface area contributed by atoms with Gasteiger partial charge in [-0.1, -0.05) is 18.2 Å². The Morgan fingerprint density at radius 3 is 2.80 bits per heavy atom. The van der Waals surface area contributed by atoms with E-state index in [0.717, 1.165) is 16.1 Å². The van der Waals surface area contributed by atoms with Gasteiger partial charge < -0.3 is 10.6 Å². The fraction of sp³-hybridized carbons (Fsp3) is 0.167. The SMILES string of the molecule is CC(=O)NC(CC(=O)Nc1cccc(-c2ccn[nH]2)c1)c1cccs1. The molecule has 0 bridgehead atoms.